The zero-order valence-corrected chi connectivity index (χ0v) is 14.5. The van der Waals surface area contributed by atoms with Gasteiger partial charge in [-0.05, 0) is 55.0 Å². The van der Waals surface area contributed by atoms with Crippen molar-refractivity contribution in [3.8, 4) is 0 Å². The van der Waals surface area contributed by atoms with Gasteiger partial charge in [0.25, 0.3) is 5.91 Å². The number of amides is 1. The van der Waals surface area contributed by atoms with E-state index in [-0.39, 0.29) is 11.6 Å². The lowest BCUT2D eigenvalue weighted by Crippen LogP contribution is -2.14. The standard InChI is InChI=1S/C18H15BrN4O/c1-12-4-2-6-14(10-12)21-18(24)16-8-9-17(23-22-16)20-15-7-3-5-13(19)11-15/h2-11H,1H3,(H,20,23)(H,21,24). The number of anilines is 3. The van der Waals surface area contributed by atoms with Gasteiger partial charge in [-0.3, -0.25) is 4.79 Å². The van der Waals surface area contributed by atoms with Crippen molar-refractivity contribution in [1.29, 1.82) is 0 Å². The summed E-state index contributed by atoms with van der Waals surface area (Å²) in [7, 11) is 0. The van der Waals surface area contributed by atoms with Crippen LogP contribution in [0.5, 0.6) is 0 Å². The van der Waals surface area contributed by atoms with Gasteiger partial charge in [-0.15, -0.1) is 10.2 Å². The van der Waals surface area contributed by atoms with Crippen molar-refractivity contribution in [3.63, 3.8) is 0 Å². The van der Waals surface area contributed by atoms with E-state index in [2.05, 4.69) is 36.8 Å². The van der Waals surface area contributed by atoms with E-state index < -0.39 is 0 Å². The average Bonchev–Trinajstić information content (AvgIpc) is 2.55. The summed E-state index contributed by atoms with van der Waals surface area (Å²) >= 11 is 3.41. The Morgan fingerprint density at radius 3 is 2.46 bits per heavy atom. The van der Waals surface area contributed by atoms with Crippen molar-refractivity contribution < 1.29 is 4.79 Å². The molecule has 0 spiro atoms. The molecule has 3 rings (SSSR count). The minimum Gasteiger partial charge on any atom is -0.339 e. The lowest BCUT2D eigenvalue weighted by atomic mass is 10.2. The van der Waals surface area contributed by atoms with Gasteiger partial charge >= 0.3 is 0 Å². The number of nitrogens with zero attached hydrogens (tertiary/aromatic N) is 2. The minimum atomic E-state index is -0.290. The van der Waals surface area contributed by atoms with Gasteiger partial charge in [0.15, 0.2) is 11.5 Å². The zero-order valence-electron chi connectivity index (χ0n) is 13.0. The van der Waals surface area contributed by atoms with Crippen LogP contribution in [0.4, 0.5) is 17.2 Å². The normalized spacial score (nSPS) is 10.2. The Kier molecular flexibility index (Phi) is 4.86. The van der Waals surface area contributed by atoms with Crippen LogP contribution in [0.1, 0.15) is 16.1 Å². The van der Waals surface area contributed by atoms with Gasteiger partial charge in [-0.25, -0.2) is 0 Å². The quantitative estimate of drug-likeness (QED) is 0.694. The number of halogens is 1. The summed E-state index contributed by atoms with van der Waals surface area (Å²) in [5, 5.41) is 14.0. The van der Waals surface area contributed by atoms with Crippen molar-refractivity contribution >= 4 is 39.0 Å². The van der Waals surface area contributed by atoms with E-state index in [0.29, 0.717) is 5.82 Å². The molecule has 3 aromatic rings. The van der Waals surface area contributed by atoms with E-state index in [4.69, 9.17) is 0 Å². The molecule has 0 aliphatic rings. The summed E-state index contributed by atoms with van der Waals surface area (Å²) in [5.41, 5.74) is 2.96. The first-order valence-corrected chi connectivity index (χ1v) is 8.14. The second-order valence-electron chi connectivity index (χ2n) is 5.26. The molecule has 1 heterocycles. The molecule has 6 heteroatoms. The molecule has 0 saturated heterocycles. The number of carbonyl (C=O) groups excluding carboxylic acids is 1. The van der Waals surface area contributed by atoms with E-state index in [9.17, 15) is 4.79 Å². The van der Waals surface area contributed by atoms with Crippen molar-refractivity contribution in [1.82, 2.24) is 10.2 Å². The van der Waals surface area contributed by atoms with E-state index >= 15 is 0 Å². The number of hydrogen-bond acceptors (Lipinski definition) is 4. The smallest absolute Gasteiger partial charge is 0.276 e. The Balaban J connectivity index is 1.68. The van der Waals surface area contributed by atoms with Gasteiger partial charge < -0.3 is 10.6 Å². The summed E-state index contributed by atoms with van der Waals surface area (Å²) in [5.74, 6) is 0.280. The summed E-state index contributed by atoms with van der Waals surface area (Å²) in [4.78, 5) is 12.2. The van der Waals surface area contributed by atoms with Crippen LogP contribution in [-0.2, 0) is 0 Å². The molecule has 0 aliphatic heterocycles. The second kappa shape index (κ2) is 7.23. The second-order valence-corrected chi connectivity index (χ2v) is 6.18. The molecule has 0 aliphatic carbocycles. The van der Waals surface area contributed by atoms with Crippen LogP contribution in [0.15, 0.2) is 65.1 Å². The summed E-state index contributed by atoms with van der Waals surface area (Å²) in [6.45, 7) is 1.97. The predicted octanol–water partition coefficient (Wildman–Crippen LogP) is 4.54. The molecule has 2 aromatic carbocycles. The summed E-state index contributed by atoms with van der Waals surface area (Å²) in [6, 6.07) is 18.7. The van der Waals surface area contributed by atoms with Crippen molar-refractivity contribution in [2.45, 2.75) is 6.92 Å². The number of benzene rings is 2. The van der Waals surface area contributed by atoms with Gasteiger partial charge in [0, 0.05) is 15.8 Å². The summed E-state index contributed by atoms with van der Waals surface area (Å²) in [6.07, 6.45) is 0. The summed E-state index contributed by atoms with van der Waals surface area (Å²) < 4.78 is 0.967. The molecule has 5 nitrogen and oxygen atoms in total. The fourth-order valence-corrected chi connectivity index (χ4v) is 2.55. The highest BCUT2D eigenvalue weighted by atomic mass is 79.9. The van der Waals surface area contributed by atoms with E-state index in [1.54, 1.807) is 12.1 Å². The maximum absolute atomic E-state index is 12.2. The minimum absolute atomic E-state index is 0.260. The first kappa shape index (κ1) is 16.1. The molecular formula is C18H15BrN4O. The zero-order chi connectivity index (χ0) is 16.9. The molecule has 1 amide bonds. The molecular weight excluding hydrogens is 368 g/mol. The van der Waals surface area contributed by atoms with Crippen LogP contribution in [0.25, 0.3) is 0 Å². The van der Waals surface area contributed by atoms with Crippen LogP contribution >= 0.6 is 15.9 Å². The van der Waals surface area contributed by atoms with Gasteiger partial charge in [0.05, 0.1) is 0 Å². The van der Waals surface area contributed by atoms with E-state index in [1.807, 2.05) is 55.5 Å². The third-order valence-electron chi connectivity index (χ3n) is 3.27. The third kappa shape index (κ3) is 4.17. The molecule has 120 valence electrons. The molecule has 24 heavy (non-hydrogen) atoms. The van der Waals surface area contributed by atoms with Crippen LogP contribution in [0.3, 0.4) is 0 Å². The molecule has 0 fully saturated rings. The first-order valence-electron chi connectivity index (χ1n) is 7.34. The highest BCUT2D eigenvalue weighted by Crippen LogP contribution is 2.19. The molecule has 2 N–H and O–H groups in total. The predicted molar refractivity (Wildman–Crippen MR) is 98.6 cm³/mol. The Morgan fingerprint density at radius 1 is 0.958 bits per heavy atom. The van der Waals surface area contributed by atoms with Gasteiger partial charge in [0.1, 0.15) is 0 Å². The fraction of sp³-hybridized carbons (Fsp3) is 0.0556. The Bertz CT molecular complexity index is 865. The van der Waals surface area contributed by atoms with Gasteiger partial charge in [-0.1, -0.05) is 34.1 Å². The molecule has 1 aromatic heterocycles. The third-order valence-corrected chi connectivity index (χ3v) is 3.76. The van der Waals surface area contributed by atoms with E-state index in [0.717, 1.165) is 21.4 Å². The monoisotopic (exact) mass is 382 g/mol. The highest BCUT2D eigenvalue weighted by molar-refractivity contribution is 9.10. The van der Waals surface area contributed by atoms with Gasteiger partial charge in [-0.2, -0.15) is 0 Å². The fourth-order valence-electron chi connectivity index (χ4n) is 2.15. The Morgan fingerprint density at radius 2 is 1.75 bits per heavy atom. The van der Waals surface area contributed by atoms with Crippen molar-refractivity contribution in [3.05, 3.63) is 76.4 Å². The topological polar surface area (TPSA) is 66.9 Å². The maximum atomic E-state index is 12.2. The molecule has 0 atom stereocenters. The molecule has 0 saturated carbocycles. The SMILES string of the molecule is Cc1cccc(NC(=O)c2ccc(Nc3cccc(Br)c3)nn2)c1. The number of nitrogens with one attached hydrogen (secondary N) is 2. The number of rotatable bonds is 4. The number of hydrogen-bond donors (Lipinski definition) is 2. The lowest BCUT2D eigenvalue weighted by molar-refractivity contribution is 0.102. The number of aromatic nitrogens is 2. The van der Waals surface area contributed by atoms with Crippen LogP contribution < -0.4 is 10.6 Å². The number of carbonyl (C=O) groups is 1. The average molecular weight is 383 g/mol. The van der Waals surface area contributed by atoms with E-state index in [1.165, 1.54) is 0 Å². The Labute approximate surface area is 148 Å². The van der Waals surface area contributed by atoms with Gasteiger partial charge in [0.2, 0.25) is 0 Å². The van der Waals surface area contributed by atoms with Crippen molar-refractivity contribution in [2.75, 3.05) is 10.6 Å². The Hall–Kier alpha value is -2.73. The van der Waals surface area contributed by atoms with Crippen molar-refractivity contribution in [2.24, 2.45) is 0 Å². The lowest BCUT2D eigenvalue weighted by Gasteiger charge is -2.07. The molecule has 0 bridgehead atoms. The first-order chi connectivity index (χ1) is 11.6. The van der Waals surface area contributed by atoms with Crippen LogP contribution in [0, 0.1) is 6.92 Å². The number of aryl methyl sites for hydroxylation is 1. The maximum Gasteiger partial charge on any atom is 0.276 e. The molecule has 0 unspecified atom stereocenters. The largest absolute Gasteiger partial charge is 0.339 e. The van der Waals surface area contributed by atoms with Crippen LogP contribution in [0.2, 0.25) is 0 Å². The molecule has 0 radical (unpaired) electrons. The highest BCUT2D eigenvalue weighted by Gasteiger charge is 2.09. The van der Waals surface area contributed by atoms with Crippen LogP contribution in [-0.4, -0.2) is 16.1 Å².